The molecule has 0 aromatic rings. The highest BCUT2D eigenvalue weighted by molar-refractivity contribution is 6.17. The van der Waals surface area contributed by atoms with Crippen molar-refractivity contribution in [1.29, 1.82) is 0 Å². The van der Waals surface area contributed by atoms with Gasteiger partial charge in [0.1, 0.15) is 0 Å². The first kappa shape index (κ1) is 13.8. The van der Waals surface area contributed by atoms with Crippen molar-refractivity contribution in [2.24, 2.45) is 5.92 Å². The zero-order chi connectivity index (χ0) is 11.8. The lowest BCUT2D eigenvalue weighted by atomic mass is 9.86. The minimum absolute atomic E-state index is 0.333. The van der Waals surface area contributed by atoms with Crippen LogP contribution in [0.1, 0.15) is 51.9 Å². The lowest BCUT2D eigenvalue weighted by Gasteiger charge is -2.25. The third-order valence-electron chi connectivity index (χ3n) is 3.48. The van der Waals surface area contributed by atoms with Crippen LogP contribution in [0.5, 0.6) is 0 Å². The number of carbonyl (C=O) groups is 1. The van der Waals surface area contributed by atoms with Crippen LogP contribution in [0.3, 0.4) is 0 Å². The van der Waals surface area contributed by atoms with Crippen molar-refractivity contribution in [2.75, 3.05) is 19.0 Å². The standard InChI is InChI=1S/C13H24ClNO/c1-2-15(10-6-9-14)13(16)11-12-7-4-3-5-8-12/h12H,2-11H2,1H3. The third kappa shape index (κ3) is 4.73. The molecular weight excluding hydrogens is 222 g/mol. The summed E-state index contributed by atoms with van der Waals surface area (Å²) >= 11 is 5.66. The van der Waals surface area contributed by atoms with Crippen molar-refractivity contribution in [1.82, 2.24) is 4.90 Å². The van der Waals surface area contributed by atoms with Gasteiger partial charge in [0.25, 0.3) is 0 Å². The maximum absolute atomic E-state index is 12.0. The first-order valence-corrected chi connectivity index (χ1v) is 7.15. The monoisotopic (exact) mass is 245 g/mol. The molecule has 3 heteroatoms. The topological polar surface area (TPSA) is 20.3 Å². The second-order valence-corrected chi connectivity index (χ2v) is 5.10. The van der Waals surface area contributed by atoms with E-state index in [1.807, 2.05) is 11.8 Å². The zero-order valence-electron chi connectivity index (χ0n) is 10.4. The molecule has 0 bridgehead atoms. The van der Waals surface area contributed by atoms with E-state index < -0.39 is 0 Å². The Hall–Kier alpha value is -0.240. The van der Waals surface area contributed by atoms with E-state index in [0.29, 0.717) is 17.7 Å². The number of carbonyl (C=O) groups excluding carboxylic acids is 1. The molecule has 1 fully saturated rings. The highest BCUT2D eigenvalue weighted by Gasteiger charge is 2.19. The molecule has 0 aromatic heterocycles. The van der Waals surface area contributed by atoms with Gasteiger partial charge in [-0.25, -0.2) is 0 Å². The van der Waals surface area contributed by atoms with Crippen LogP contribution in [0.2, 0.25) is 0 Å². The number of hydrogen-bond acceptors (Lipinski definition) is 1. The predicted octanol–water partition coefficient (Wildman–Crippen LogP) is 3.43. The average molecular weight is 246 g/mol. The van der Waals surface area contributed by atoms with Gasteiger partial charge in [-0.15, -0.1) is 11.6 Å². The molecule has 0 radical (unpaired) electrons. The SMILES string of the molecule is CCN(CCCCl)C(=O)CC1CCCCC1. The van der Waals surface area contributed by atoms with E-state index >= 15 is 0 Å². The molecule has 0 atom stereocenters. The van der Waals surface area contributed by atoms with Crippen molar-refractivity contribution in [3.63, 3.8) is 0 Å². The average Bonchev–Trinajstić information content (AvgIpc) is 2.31. The Kier molecular flexibility index (Phi) is 6.86. The highest BCUT2D eigenvalue weighted by atomic mass is 35.5. The quantitative estimate of drug-likeness (QED) is 0.657. The van der Waals surface area contributed by atoms with E-state index in [1.165, 1.54) is 32.1 Å². The molecule has 0 aliphatic heterocycles. The van der Waals surface area contributed by atoms with Gasteiger partial charge in [-0.05, 0) is 32.1 Å². The van der Waals surface area contributed by atoms with Crippen LogP contribution in [0.4, 0.5) is 0 Å². The minimum Gasteiger partial charge on any atom is -0.343 e. The highest BCUT2D eigenvalue weighted by Crippen LogP contribution is 2.26. The van der Waals surface area contributed by atoms with E-state index in [4.69, 9.17) is 11.6 Å². The van der Waals surface area contributed by atoms with E-state index in [0.717, 1.165) is 25.9 Å². The molecule has 2 nitrogen and oxygen atoms in total. The van der Waals surface area contributed by atoms with Crippen LogP contribution in [0, 0.1) is 5.92 Å². The van der Waals surface area contributed by atoms with Gasteiger partial charge in [0, 0.05) is 25.4 Å². The van der Waals surface area contributed by atoms with Crippen molar-refractivity contribution < 1.29 is 4.79 Å². The van der Waals surface area contributed by atoms with E-state index in [1.54, 1.807) is 0 Å². The van der Waals surface area contributed by atoms with Crippen LogP contribution >= 0.6 is 11.6 Å². The Bertz CT molecular complexity index is 202. The lowest BCUT2D eigenvalue weighted by Crippen LogP contribution is -2.33. The fraction of sp³-hybridized carbons (Fsp3) is 0.923. The van der Waals surface area contributed by atoms with Crippen LogP contribution in [-0.2, 0) is 4.79 Å². The van der Waals surface area contributed by atoms with Gasteiger partial charge < -0.3 is 4.90 Å². The molecule has 1 aliphatic carbocycles. The number of halogens is 1. The van der Waals surface area contributed by atoms with Gasteiger partial charge in [-0.3, -0.25) is 4.79 Å². The van der Waals surface area contributed by atoms with E-state index in [9.17, 15) is 4.79 Å². The summed E-state index contributed by atoms with van der Waals surface area (Å²) in [5, 5.41) is 0. The van der Waals surface area contributed by atoms with E-state index in [-0.39, 0.29) is 0 Å². The summed E-state index contributed by atoms with van der Waals surface area (Å²) in [6.45, 7) is 3.70. The Morgan fingerprint density at radius 3 is 2.56 bits per heavy atom. The second-order valence-electron chi connectivity index (χ2n) is 4.72. The normalized spacial score (nSPS) is 17.4. The third-order valence-corrected chi connectivity index (χ3v) is 3.75. The molecule has 0 aromatic carbocycles. The van der Waals surface area contributed by atoms with Gasteiger partial charge >= 0.3 is 0 Å². The molecule has 0 spiro atoms. The van der Waals surface area contributed by atoms with E-state index in [2.05, 4.69) is 0 Å². The summed E-state index contributed by atoms with van der Waals surface area (Å²) in [5.74, 6) is 1.62. The van der Waals surface area contributed by atoms with Gasteiger partial charge in [-0.1, -0.05) is 19.3 Å². The Labute approximate surface area is 104 Å². The van der Waals surface area contributed by atoms with Crippen molar-refractivity contribution in [3.05, 3.63) is 0 Å². The molecule has 94 valence electrons. The lowest BCUT2D eigenvalue weighted by molar-refractivity contribution is -0.132. The number of rotatable bonds is 6. The molecule has 1 amide bonds. The first-order chi connectivity index (χ1) is 7.77. The summed E-state index contributed by atoms with van der Waals surface area (Å²) in [6, 6.07) is 0. The van der Waals surface area contributed by atoms with Gasteiger partial charge in [0.15, 0.2) is 0 Å². The molecular formula is C13H24ClNO. The van der Waals surface area contributed by atoms with Crippen LogP contribution < -0.4 is 0 Å². The smallest absolute Gasteiger partial charge is 0.222 e. The van der Waals surface area contributed by atoms with Crippen LogP contribution in [0.15, 0.2) is 0 Å². The molecule has 0 saturated heterocycles. The summed E-state index contributed by atoms with van der Waals surface area (Å²) in [4.78, 5) is 14.0. The molecule has 1 saturated carbocycles. The van der Waals surface area contributed by atoms with Crippen LogP contribution in [-0.4, -0.2) is 29.8 Å². The summed E-state index contributed by atoms with van der Waals surface area (Å²) in [6.07, 6.45) is 8.14. The number of amides is 1. The largest absolute Gasteiger partial charge is 0.343 e. The molecule has 16 heavy (non-hydrogen) atoms. The van der Waals surface area contributed by atoms with Crippen molar-refractivity contribution >= 4 is 17.5 Å². The Morgan fingerprint density at radius 1 is 1.31 bits per heavy atom. The molecule has 1 rings (SSSR count). The number of nitrogens with zero attached hydrogens (tertiary/aromatic N) is 1. The van der Waals surface area contributed by atoms with Crippen LogP contribution in [0.25, 0.3) is 0 Å². The summed E-state index contributed by atoms with van der Waals surface area (Å²) in [7, 11) is 0. The second kappa shape index (κ2) is 7.94. The summed E-state index contributed by atoms with van der Waals surface area (Å²) < 4.78 is 0. The number of hydrogen-bond donors (Lipinski definition) is 0. The molecule has 0 unspecified atom stereocenters. The maximum atomic E-state index is 12.0. The maximum Gasteiger partial charge on any atom is 0.222 e. The Balaban J connectivity index is 2.29. The minimum atomic E-state index is 0.333. The first-order valence-electron chi connectivity index (χ1n) is 6.61. The molecule has 1 aliphatic rings. The fourth-order valence-electron chi connectivity index (χ4n) is 2.48. The van der Waals surface area contributed by atoms with Gasteiger partial charge in [0.05, 0.1) is 0 Å². The number of alkyl halides is 1. The van der Waals surface area contributed by atoms with Gasteiger partial charge in [-0.2, -0.15) is 0 Å². The summed E-state index contributed by atoms with van der Waals surface area (Å²) in [5.41, 5.74) is 0. The van der Waals surface area contributed by atoms with Crippen molar-refractivity contribution in [3.8, 4) is 0 Å². The van der Waals surface area contributed by atoms with Crippen molar-refractivity contribution in [2.45, 2.75) is 51.9 Å². The fourth-order valence-corrected chi connectivity index (χ4v) is 2.60. The molecule has 0 N–H and O–H groups in total. The predicted molar refractivity (Wildman–Crippen MR) is 68.8 cm³/mol. The Morgan fingerprint density at radius 2 is 2.00 bits per heavy atom. The van der Waals surface area contributed by atoms with Gasteiger partial charge in [0.2, 0.25) is 5.91 Å². The zero-order valence-corrected chi connectivity index (χ0v) is 11.1. The molecule has 0 heterocycles.